The van der Waals surface area contributed by atoms with Gasteiger partial charge in [-0.1, -0.05) is 18.2 Å². The van der Waals surface area contributed by atoms with Crippen LogP contribution in [-0.2, 0) is 6.54 Å². The van der Waals surface area contributed by atoms with E-state index in [1.807, 2.05) is 42.5 Å². The second-order valence-electron chi connectivity index (χ2n) is 6.28. The minimum absolute atomic E-state index is 0.115. The summed E-state index contributed by atoms with van der Waals surface area (Å²) < 4.78 is 12.1. The molecule has 28 heavy (non-hydrogen) atoms. The summed E-state index contributed by atoms with van der Waals surface area (Å²) in [4.78, 5) is 27.2. The van der Waals surface area contributed by atoms with Crippen molar-refractivity contribution in [2.24, 2.45) is 0 Å². The molecule has 0 unspecified atom stereocenters. The van der Waals surface area contributed by atoms with E-state index in [2.05, 4.69) is 0 Å². The summed E-state index contributed by atoms with van der Waals surface area (Å²) in [6.07, 6.45) is 1.66. The first-order valence-corrected chi connectivity index (χ1v) is 8.78. The van der Waals surface area contributed by atoms with Crippen molar-refractivity contribution in [3.05, 3.63) is 88.3 Å². The molecule has 1 amide bonds. The van der Waals surface area contributed by atoms with Crippen molar-refractivity contribution >= 4 is 11.6 Å². The minimum atomic E-state index is -0.353. The van der Waals surface area contributed by atoms with E-state index in [0.29, 0.717) is 18.0 Å². The van der Waals surface area contributed by atoms with Crippen LogP contribution in [0, 0.1) is 0 Å². The summed E-state index contributed by atoms with van der Waals surface area (Å²) in [5.74, 6) is 0.922. The molecular weight excluding hydrogens is 356 g/mol. The summed E-state index contributed by atoms with van der Waals surface area (Å²) in [5.41, 5.74) is 1.32. The van der Waals surface area contributed by atoms with Crippen LogP contribution in [0.5, 0.6) is 11.5 Å². The number of anilines is 1. The quantitative estimate of drug-likeness (QED) is 0.661. The number of hydrogen-bond donors (Lipinski definition) is 0. The van der Waals surface area contributed by atoms with Crippen molar-refractivity contribution in [3.8, 4) is 11.5 Å². The number of aromatic nitrogens is 1. The second-order valence-corrected chi connectivity index (χ2v) is 6.28. The Labute approximate surface area is 163 Å². The van der Waals surface area contributed by atoms with E-state index in [0.717, 1.165) is 11.3 Å². The fourth-order valence-corrected chi connectivity index (χ4v) is 2.93. The molecule has 2 aromatic carbocycles. The highest BCUT2D eigenvalue weighted by Crippen LogP contribution is 2.23. The van der Waals surface area contributed by atoms with Crippen LogP contribution in [0.3, 0.4) is 0 Å². The fraction of sp³-hybridized carbons (Fsp3) is 0.182. The Morgan fingerprint density at radius 2 is 1.61 bits per heavy atom. The summed E-state index contributed by atoms with van der Waals surface area (Å²) in [6.45, 7) is 0.294. The molecule has 0 radical (unpaired) electrons. The van der Waals surface area contributed by atoms with Gasteiger partial charge in [0.05, 0.1) is 20.8 Å². The molecule has 0 saturated carbocycles. The van der Waals surface area contributed by atoms with Gasteiger partial charge >= 0.3 is 0 Å². The lowest BCUT2D eigenvalue weighted by atomic mass is 10.1. The van der Waals surface area contributed by atoms with Crippen LogP contribution in [0.1, 0.15) is 15.9 Å². The summed E-state index contributed by atoms with van der Waals surface area (Å²) >= 11 is 0. The number of carbonyl (C=O) groups excluding carboxylic acids is 1. The van der Waals surface area contributed by atoms with E-state index >= 15 is 0 Å². The maximum Gasteiger partial charge on any atom is 0.263 e. The molecule has 0 fully saturated rings. The van der Waals surface area contributed by atoms with E-state index in [-0.39, 0.29) is 17.0 Å². The van der Waals surface area contributed by atoms with Crippen LogP contribution >= 0.6 is 0 Å². The number of nitrogens with zero attached hydrogens (tertiary/aromatic N) is 2. The molecule has 0 aliphatic rings. The fourth-order valence-electron chi connectivity index (χ4n) is 2.93. The van der Waals surface area contributed by atoms with Crippen molar-refractivity contribution in [3.63, 3.8) is 0 Å². The topological polar surface area (TPSA) is 60.8 Å². The van der Waals surface area contributed by atoms with Crippen LogP contribution in [0.15, 0.2) is 71.7 Å². The molecule has 1 heterocycles. The first kappa shape index (κ1) is 19.2. The van der Waals surface area contributed by atoms with E-state index in [9.17, 15) is 9.59 Å². The average Bonchev–Trinajstić information content (AvgIpc) is 2.74. The van der Waals surface area contributed by atoms with Gasteiger partial charge in [-0.2, -0.15) is 0 Å². The molecule has 0 aliphatic carbocycles. The van der Waals surface area contributed by atoms with Gasteiger partial charge in [-0.25, -0.2) is 0 Å². The van der Waals surface area contributed by atoms with Crippen molar-refractivity contribution in [1.82, 2.24) is 4.57 Å². The molecule has 0 aliphatic heterocycles. The van der Waals surface area contributed by atoms with E-state index in [1.54, 1.807) is 45.7 Å². The molecule has 0 atom stereocenters. The zero-order valence-electron chi connectivity index (χ0n) is 16.1. The molecule has 0 bridgehead atoms. The van der Waals surface area contributed by atoms with Crippen molar-refractivity contribution in [2.45, 2.75) is 6.54 Å². The van der Waals surface area contributed by atoms with E-state index < -0.39 is 0 Å². The molecule has 144 valence electrons. The highest BCUT2D eigenvalue weighted by atomic mass is 16.5. The lowest BCUT2D eigenvalue weighted by molar-refractivity contribution is 0.0991. The first-order valence-electron chi connectivity index (χ1n) is 8.78. The number of para-hydroxylation sites is 1. The van der Waals surface area contributed by atoms with Crippen LogP contribution in [0.25, 0.3) is 0 Å². The molecule has 0 saturated heterocycles. The van der Waals surface area contributed by atoms with Crippen LogP contribution < -0.4 is 19.9 Å². The average molecular weight is 378 g/mol. The molecule has 3 aromatic rings. The van der Waals surface area contributed by atoms with Crippen LogP contribution in [-0.4, -0.2) is 31.7 Å². The molecule has 3 rings (SSSR count). The van der Waals surface area contributed by atoms with Gasteiger partial charge in [0.25, 0.3) is 11.5 Å². The maximum atomic E-state index is 12.9. The smallest absolute Gasteiger partial charge is 0.263 e. The Bertz CT molecular complexity index is 1010. The van der Waals surface area contributed by atoms with Gasteiger partial charge in [-0.15, -0.1) is 0 Å². The Morgan fingerprint density at radius 1 is 0.964 bits per heavy atom. The van der Waals surface area contributed by atoms with Crippen molar-refractivity contribution in [1.29, 1.82) is 0 Å². The number of pyridine rings is 1. The van der Waals surface area contributed by atoms with Crippen molar-refractivity contribution < 1.29 is 14.3 Å². The van der Waals surface area contributed by atoms with Gasteiger partial charge in [-0.05, 0) is 42.0 Å². The zero-order chi connectivity index (χ0) is 20.1. The molecule has 1 aromatic heterocycles. The van der Waals surface area contributed by atoms with Gasteiger partial charge in [0.15, 0.2) is 0 Å². The molecule has 6 heteroatoms. The summed E-state index contributed by atoms with van der Waals surface area (Å²) in [7, 11) is 4.80. The lowest BCUT2D eigenvalue weighted by Gasteiger charge is -2.17. The van der Waals surface area contributed by atoms with E-state index in [4.69, 9.17) is 9.47 Å². The molecule has 0 spiro atoms. The number of methoxy groups -OCH3 is 2. The number of carbonyl (C=O) groups is 1. The number of ether oxygens (including phenoxy) is 2. The van der Waals surface area contributed by atoms with Crippen LogP contribution in [0.2, 0.25) is 0 Å². The first-order chi connectivity index (χ1) is 13.5. The Morgan fingerprint density at radius 3 is 2.21 bits per heavy atom. The third-order valence-corrected chi connectivity index (χ3v) is 4.46. The molecule has 6 nitrogen and oxygen atoms in total. The number of hydrogen-bond acceptors (Lipinski definition) is 4. The highest BCUT2D eigenvalue weighted by Gasteiger charge is 2.18. The van der Waals surface area contributed by atoms with E-state index in [1.165, 1.54) is 9.47 Å². The SMILES string of the molecule is COc1cc(Cn2cccc(C(=O)N(C)c3ccccc3)c2=O)cc(OC)c1. The third-order valence-electron chi connectivity index (χ3n) is 4.46. The molecule has 0 N–H and O–H groups in total. The van der Waals surface area contributed by atoms with Gasteiger partial charge < -0.3 is 18.9 Å². The summed E-state index contributed by atoms with van der Waals surface area (Å²) in [5, 5.41) is 0. The highest BCUT2D eigenvalue weighted by molar-refractivity contribution is 6.05. The lowest BCUT2D eigenvalue weighted by Crippen LogP contribution is -2.34. The second kappa shape index (κ2) is 8.43. The normalized spacial score (nSPS) is 10.4. The number of benzene rings is 2. The summed E-state index contributed by atoms with van der Waals surface area (Å²) in [6, 6.07) is 17.9. The van der Waals surface area contributed by atoms with Gasteiger partial charge in [0.2, 0.25) is 0 Å². The van der Waals surface area contributed by atoms with Crippen LogP contribution in [0.4, 0.5) is 5.69 Å². The Balaban J connectivity index is 1.92. The Kier molecular flexibility index (Phi) is 5.79. The third kappa shape index (κ3) is 4.06. The standard InChI is InChI=1S/C22H22N2O4/c1-23(17-8-5-4-6-9-17)21(25)20-10-7-11-24(22(20)26)15-16-12-18(27-2)14-19(13-16)28-3/h4-14H,15H2,1-3H3. The van der Waals surface area contributed by atoms with Gasteiger partial charge in [-0.3, -0.25) is 9.59 Å². The minimum Gasteiger partial charge on any atom is -0.497 e. The van der Waals surface area contributed by atoms with Gasteiger partial charge in [0.1, 0.15) is 17.1 Å². The predicted octanol–water partition coefficient (Wildman–Crippen LogP) is 3.19. The maximum absolute atomic E-state index is 12.9. The van der Waals surface area contributed by atoms with Crippen molar-refractivity contribution in [2.75, 3.05) is 26.2 Å². The predicted molar refractivity (Wildman–Crippen MR) is 109 cm³/mol. The van der Waals surface area contributed by atoms with Gasteiger partial charge in [0, 0.05) is 25.0 Å². The Hall–Kier alpha value is -3.54. The largest absolute Gasteiger partial charge is 0.497 e. The zero-order valence-corrected chi connectivity index (χ0v) is 16.1. The monoisotopic (exact) mass is 378 g/mol. The number of amides is 1. The number of rotatable bonds is 6. The molecular formula is C22H22N2O4.